The van der Waals surface area contributed by atoms with E-state index in [1.807, 2.05) is 0 Å². The zero-order chi connectivity index (χ0) is 12.2. The molecule has 2 aliphatic carbocycles. The number of hydrogen-bond acceptors (Lipinski definition) is 4. The first-order valence-electron chi connectivity index (χ1n) is 5.23. The lowest BCUT2D eigenvalue weighted by atomic mass is 10.2. The average molecular weight is 281 g/mol. The highest BCUT2D eigenvalue weighted by atomic mass is 35.5. The van der Waals surface area contributed by atoms with Crippen molar-refractivity contribution in [1.29, 1.82) is 0 Å². The normalized spacial score (nSPS) is 33.2. The highest BCUT2D eigenvalue weighted by Crippen LogP contribution is 2.45. The topological polar surface area (TPSA) is 89.3 Å². The van der Waals surface area contributed by atoms with Crippen molar-refractivity contribution in [2.24, 2.45) is 11.7 Å². The van der Waals surface area contributed by atoms with Gasteiger partial charge in [-0.2, -0.15) is 0 Å². The largest absolute Gasteiger partial charge is 0.317 e. The highest BCUT2D eigenvalue weighted by Gasteiger charge is 2.58. The van der Waals surface area contributed by atoms with E-state index in [2.05, 4.69) is 11.3 Å². The molecule has 5 nitrogen and oxygen atoms in total. The second kappa shape index (κ2) is 3.96. The summed E-state index contributed by atoms with van der Waals surface area (Å²) in [6.07, 6.45) is 3.25. The average Bonchev–Trinajstić information content (AvgIpc) is 3.04. The molecule has 2 rings (SSSR count). The van der Waals surface area contributed by atoms with Gasteiger partial charge in [-0.25, -0.2) is 8.42 Å². The van der Waals surface area contributed by atoms with E-state index in [1.54, 1.807) is 13.0 Å². The lowest BCUT2D eigenvalue weighted by Crippen LogP contribution is -2.49. The summed E-state index contributed by atoms with van der Waals surface area (Å²) in [6.45, 7) is 5.18. The number of carbonyl (C=O) groups excluding carboxylic acids is 1. The molecule has 3 N–H and O–H groups in total. The Balaban J connectivity index is 0.00000144. The molecular formula is C10H17ClN2O3S. The zero-order valence-electron chi connectivity index (χ0n) is 9.60. The smallest absolute Gasteiger partial charge is 0.254 e. The van der Waals surface area contributed by atoms with E-state index in [1.165, 1.54) is 0 Å². The van der Waals surface area contributed by atoms with Crippen molar-refractivity contribution in [3.63, 3.8) is 0 Å². The van der Waals surface area contributed by atoms with Gasteiger partial charge in [-0.3, -0.25) is 9.52 Å². The summed E-state index contributed by atoms with van der Waals surface area (Å²) < 4.78 is 24.9. The number of carbonyl (C=O) groups is 1. The maximum Gasteiger partial charge on any atom is 0.254 e. The van der Waals surface area contributed by atoms with Crippen LogP contribution in [0.2, 0.25) is 0 Å². The summed E-state index contributed by atoms with van der Waals surface area (Å²) in [5.41, 5.74) is 4.70. The highest BCUT2D eigenvalue weighted by molar-refractivity contribution is 7.91. The van der Waals surface area contributed by atoms with Gasteiger partial charge in [0.15, 0.2) is 0 Å². The fraction of sp³-hybridized carbons (Fsp3) is 0.700. The molecule has 7 heteroatoms. The lowest BCUT2D eigenvalue weighted by Gasteiger charge is -2.15. The summed E-state index contributed by atoms with van der Waals surface area (Å²) in [7, 11) is -3.57. The summed E-state index contributed by atoms with van der Waals surface area (Å²) in [5.74, 6) is -0.722. The van der Waals surface area contributed by atoms with Gasteiger partial charge in [-0.15, -0.1) is 19.0 Å². The van der Waals surface area contributed by atoms with Crippen LogP contribution >= 0.6 is 12.4 Å². The van der Waals surface area contributed by atoms with Crippen LogP contribution in [0.25, 0.3) is 0 Å². The molecule has 0 heterocycles. The molecule has 2 fully saturated rings. The Kier molecular flexibility index (Phi) is 3.37. The number of amides is 1. The Morgan fingerprint density at radius 1 is 1.53 bits per heavy atom. The minimum Gasteiger partial charge on any atom is -0.317 e. The van der Waals surface area contributed by atoms with E-state index in [0.29, 0.717) is 19.3 Å². The standard InChI is InChI=1S/C10H16N2O3S.ClH/c1-3-7-6-10(7,11)8(13)12-16(14,15)9(2)4-5-9;/h3,7H,1,4-6,11H2,2H3,(H,12,13);1H/t7-,10+;/m0./s1. The number of nitrogens with two attached hydrogens (primary N) is 1. The predicted molar refractivity (Wildman–Crippen MR) is 67.2 cm³/mol. The Hall–Kier alpha value is -0.590. The van der Waals surface area contributed by atoms with E-state index < -0.39 is 26.2 Å². The van der Waals surface area contributed by atoms with Crippen molar-refractivity contribution in [2.75, 3.05) is 0 Å². The second-order valence-corrected chi connectivity index (χ2v) is 7.17. The second-order valence-electron chi connectivity index (χ2n) is 4.97. The third-order valence-electron chi connectivity index (χ3n) is 3.60. The number of nitrogens with one attached hydrogen (secondary N) is 1. The third-order valence-corrected chi connectivity index (χ3v) is 5.76. The summed E-state index contributed by atoms with van der Waals surface area (Å²) in [4.78, 5) is 11.7. The first-order valence-corrected chi connectivity index (χ1v) is 6.72. The fourth-order valence-electron chi connectivity index (χ4n) is 1.64. The quantitative estimate of drug-likeness (QED) is 0.726. The van der Waals surface area contributed by atoms with Gasteiger partial charge in [0.1, 0.15) is 5.54 Å². The summed E-state index contributed by atoms with van der Waals surface area (Å²) in [6, 6.07) is 0. The minimum atomic E-state index is -3.57. The van der Waals surface area contributed by atoms with Gasteiger partial charge >= 0.3 is 0 Å². The number of rotatable bonds is 4. The van der Waals surface area contributed by atoms with Crippen LogP contribution in [0.1, 0.15) is 26.2 Å². The van der Waals surface area contributed by atoms with Gasteiger partial charge in [0.2, 0.25) is 10.0 Å². The van der Waals surface area contributed by atoms with E-state index in [0.717, 1.165) is 0 Å². The van der Waals surface area contributed by atoms with Gasteiger partial charge in [0, 0.05) is 5.92 Å². The zero-order valence-corrected chi connectivity index (χ0v) is 11.2. The van der Waals surface area contributed by atoms with Gasteiger partial charge in [0.05, 0.1) is 4.75 Å². The molecule has 0 aromatic rings. The molecule has 0 spiro atoms. The minimum absolute atomic E-state index is 0. The molecule has 2 saturated carbocycles. The van der Waals surface area contributed by atoms with Crippen LogP contribution in [0.5, 0.6) is 0 Å². The van der Waals surface area contributed by atoms with Crippen LogP contribution in [-0.2, 0) is 14.8 Å². The predicted octanol–water partition coefficient (Wildman–Crippen LogP) is 0.310. The van der Waals surface area contributed by atoms with Crippen molar-refractivity contribution < 1.29 is 13.2 Å². The van der Waals surface area contributed by atoms with E-state index in [4.69, 9.17) is 5.73 Å². The molecular weight excluding hydrogens is 264 g/mol. The van der Waals surface area contributed by atoms with Crippen molar-refractivity contribution in [1.82, 2.24) is 4.72 Å². The number of sulfonamides is 1. The van der Waals surface area contributed by atoms with Crippen LogP contribution in [0.3, 0.4) is 0 Å². The maximum atomic E-state index is 11.8. The van der Waals surface area contributed by atoms with Crippen molar-refractivity contribution in [2.45, 2.75) is 36.5 Å². The molecule has 0 aliphatic heterocycles. The molecule has 98 valence electrons. The van der Waals surface area contributed by atoms with Gasteiger partial charge in [-0.05, 0) is 26.2 Å². The molecule has 0 saturated heterocycles. The summed E-state index contributed by atoms with van der Waals surface area (Å²) >= 11 is 0. The SMILES string of the molecule is C=C[C@H]1C[C@]1(N)C(=O)NS(=O)(=O)C1(C)CC1.Cl. The van der Waals surface area contributed by atoms with Crippen LogP contribution < -0.4 is 10.5 Å². The first kappa shape index (κ1) is 14.5. The van der Waals surface area contributed by atoms with Gasteiger partial charge < -0.3 is 5.73 Å². The van der Waals surface area contributed by atoms with Gasteiger partial charge in [-0.1, -0.05) is 6.08 Å². The summed E-state index contributed by atoms with van der Waals surface area (Å²) in [5, 5.41) is 0. The van der Waals surface area contributed by atoms with E-state index in [9.17, 15) is 13.2 Å². The Morgan fingerprint density at radius 2 is 2.06 bits per heavy atom. The number of halogens is 1. The van der Waals surface area contributed by atoms with E-state index in [-0.39, 0.29) is 18.3 Å². The fourth-order valence-corrected chi connectivity index (χ4v) is 2.96. The Bertz CT molecular complexity index is 458. The lowest BCUT2D eigenvalue weighted by molar-refractivity contribution is -0.121. The van der Waals surface area contributed by atoms with Gasteiger partial charge in [0.25, 0.3) is 5.91 Å². The van der Waals surface area contributed by atoms with Crippen molar-refractivity contribution >= 4 is 28.3 Å². The van der Waals surface area contributed by atoms with Crippen LogP contribution in [0.15, 0.2) is 12.7 Å². The van der Waals surface area contributed by atoms with Crippen LogP contribution in [0.4, 0.5) is 0 Å². The molecule has 0 unspecified atom stereocenters. The van der Waals surface area contributed by atoms with Crippen LogP contribution in [-0.4, -0.2) is 24.6 Å². The molecule has 0 aromatic heterocycles. The molecule has 0 bridgehead atoms. The Morgan fingerprint density at radius 3 is 2.41 bits per heavy atom. The van der Waals surface area contributed by atoms with Crippen molar-refractivity contribution in [3.8, 4) is 0 Å². The maximum absolute atomic E-state index is 11.8. The van der Waals surface area contributed by atoms with E-state index >= 15 is 0 Å². The molecule has 0 aromatic carbocycles. The molecule has 1 amide bonds. The van der Waals surface area contributed by atoms with Crippen LogP contribution in [0, 0.1) is 5.92 Å². The Labute approximate surface area is 107 Å². The molecule has 2 atom stereocenters. The first-order chi connectivity index (χ1) is 7.25. The number of hydrogen-bond donors (Lipinski definition) is 2. The molecule has 17 heavy (non-hydrogen) atoms. The van der Waals surface area contributed by atoms with Crippen molar-refractivity contribution in [3.05, 3.63) is 12.7 Å². The molecule has 2 aliphatic rings. The third kappa shape index (κ3) is 2.21. The monoisotopic (exact) mass is 280 g/mol. The molecule has 0 radical (unpaired) electrons.